The first-order valence-electron chi connectivity index (χ1n) is 7.19. The Kier molecular flexibility index (Phi) is 4.49. The van der Waals surface area contributed by atoms with Crippen LogP contribution in [0.2, 0.25) is 5.02 Å². The highest BCUT2D eigenvalue weighted by Crippen LogP contribution is 2.29. The van der Waals surface area contributed by atoms with E-state index in [4.69, 9.17) is 11.6 Å². The minimum Gasteiger partial charge on any atom is -0.353 e. The molecule has 0 radical (unpaired) electrons. The summed E-state index contributed by atoms with van der Waals surface area (Å²) in [5.41, 5.74) is -0.780. The van der Waals surface area contributed by atoms with Crippen molar-refractivity contribution in [3.05, 3.63) is 47.0 Å². The van der Waals surface area contributed by atoms with Gasteiger partial charge in [0.25, 0.3) is 0 Å². The number of rotatable bonds is 2. The molecule has 24 heavy (non-hydrogen) atoms. The molecular formula is C15H13ClF4N4. The molecule has 0 aromatic carbocycles. The maximum Gasteiger partial charge on any atom is 0.417 e. The Morgan fingerprint density at radius 2 is 1.62 bits per heavy atom. The maximum absolute atomic E-state index is 13.9. The van der Waals surface area contributed by atoms with Gasteiger partial charge in [0.2, 0.25) is 0 Å². The van der Waals surface area contributed by atoms with Crippen LogP contribution in [0.1, 0.15) is 5.56 Å². The third kappa shape index (κ3) is 3.53. The summed E-state index contributed by atoms with van der Waals surface area (Å²) in [4.78, 5) is 11.5. The summed E-state index contributed by atoms with van der Waals surface area (Å²) in [7, 11) is 0. The Bertz CT molecular complexity index is 712. The molecule has 1 aliphatic heterocycles. The molecular weight excluding hydrogens is 348 g/mol. The van der Waals surface area contributed by atoms with E-state index in [0.29, 0.717) is 32.0 Å². The minimum absolute atomic E-state index is 0.222. The van der Waals surface area contributed by atoms with Crippen LogP contribution in [-0.2, 0) is 6.18 Å². The van der Waals surface area contributed by atoms with Gasteiger partial charge in [-0.2, -0.15) is 13.2 Å². The summed E-state index contributed by atoms with van der Waals surface area (Å²) >= 11 is 5.69. The van der Waals surface area contributed by atoms with E-state index in [1.807, 2.05) is 4.90 Å². The van der Waals surface area contributed by atoms with Crippen molar-refractivity contribution in [3.8, 4) is 0 Å². The first kappa shape index (κ1) is 16.8. The fourth-order valence-electron chi connectivity index (χ4n) is 2.53. The smallest absolute Gasteiger partial charge is 0.353 e. The second kappa shape index (κ2) is 6.43. The second-order valence-electron chi connectivity index (χ2n) is 5.34. The predicted octanol–water partition coefficient (Wildman–Crippen LogP) is 3.61. The van der Waals surface area contributed by atoms with Gasteiger partial charge in [-0.05, 0) is 18.2 Å². The molecule has 9 heteroatoms. The SMILES string of the molecule is Fc1cc(Cl)cnc1N1CCN(c2ccc(C(F)(F)F)cn2)CC1. The van der Waals surface area contributed by atoms with Crippen LogP contribution >= 0.6 is 11.6 Å². The zero-order chi connectivity index (χ0) is 17.3. The molecule has 0 N–H and O–H groups in total. The van der Waals surface area contributed by atoms with E-state index in [1.54, 1.807) is 4.90 Å². The number of anilines is 2. The summed E-state index contributed by atoms with van der Waals surface area (Å²) in [5, 5.41) is 0.226. The van der Waals surface area contributed by atoms with Gasteiger partial charge >= 0.3 is 6.18 Å². The van der Waals surface area contributed by atoms with E-state index in [2.05, 4.69) is 9.97 Å². The average molecular weight is 361 g/mol. The lowest BCUT2D eigenvalue weighted by atomic mass is 10.2. The molecule has 0 unspecified atom stereocenters. The van der Waals surface area contributed by atoms with Crippen LogP contribution in [0.5, 0.6) is 0 Å². The van der Waals surface area contributed by atoms with Crippen molar-refractivity contribution >= 4 is 23.2 Å². The van der Waals surface area contributed by atoms with E-state index in [1.165, 1.54) is 18.3 Å². The number of hydrogen-bond donors (Lipinski definition) is 0. The van der Waals surface area contributed by atoms with E-state index in [0.717, 1.165) is 12.3 Å². The number of aromatic nitrogens is 2. The van der Waals surface area contributed by atoms with Gasteiger partial charge in [0.15, 0.2) is 11.6 Å². The molecule has 0 aliphatic carbocycles. The van der Waals surface area contributed by atoms with Crippen LogP contribution in [0.15, 0.2) is 30.6 Å². The molecule has 0 spiro atoms. The Labute approximate surface area is 140 Å². The highest BCUT2D eigenvalue weighted by Gasteiger charge is 2.31. The standard InChI is InChI=1S/C15H13ClF4N4/c16-11-7-12(17)14(22-9-11)24-5-3-23(4-6-24)13-2-1-10(8-21-13)15(18,19)20/h1-2,7-9H,3-6H2. The zero-order valence-electron chi connectivity index (χ0n) is 12.4. The fourth-order valence-corrected chi connectivity index (χ4v) is 2.67. The highest BCUT2D eigenvalue weighted by atomic mass is 35.5. The number of hydrogen-bond acceptors (Lipinski definition) is 4. The molecule has 4 nitrogen and oxygen atoms in total. The van der Waals surface area contributed by atoms with Crippen LogP contribution in [0, 0.1) is 5.82 Å². The number of nitrogens with zero attached hydrogens (tertiary/aromatic N) is 4. The molecule has 2 aromatic rings. The van der Waals surface area contributed by atoms with Gasteiger partial charge in [-0.25, -0.2) is 14.4 Å². The quantitative estimate of drug-likeness (QED) is 0.766. The first-order chi connectivity index (χ1) is 11.3. The molecule has 2 aromatic heterocycles. The molecule has 3 heterocycles. The van der Waals surface area contributed by atoms with Gasteiger partial charge in [-0.1, -0.05) is 11.6 Å². The monoisotopic (exact) mass is 360 g/mol. The molecule has 1 aliphatic rings. The predicted molar refractivity (Wildman–Crippen MR) is 82.9 cm³/mol. The van der Waals surface area contributed by atoms with Gasteiger partial charge in [0.1, 0.15) is 5.82 Å². The number of piperazine rings is 1. The lowest BCUT2D eigenvalue weighted by molar-refractivity contribution is -0.137. The van der Waals surface area contributed by atoms with Gasteiger partial charge < -0.3 is 9.80 Å². The van der Waals surface area contributed by atoms with Crippen molar-refractivity contribution in [2.75, 3.05) is 36.0 Å². The molecule has 1 saturated heterocycles. The van der Waals surface area contributed by atoms with Crippen LogP contribution in [0.4, 0.5) is 29.2 Å². The van der Waals surface area contributed by atoms with Crippen LogP contribution < -0.4 is 9.80 Å². The van der Waals surface area contributed by atoms with Crippen molar-refractivity contribution in [1.29, 1.82) is 0 Å². The Balaban J connectivity index is 1.66. The lowest BCUT2D eigenvalue weighted by Gasteiger charge is -2.36. The van der Waals surface area contributed by atoms with Crippen molar-refractivity contribution in [1.82, 2.24) is 9.97 Å². The summed E-state index contributed by atoms with van der Waals surface area (Å²) in [6.45, 7) is 1.97. The average Bonchev–Trinajstić information content (AvgIpc) is 2.54. The molecule has 0 atom stereocenters. The van der Waals surface area contributed by atoms with E-state index >= 15 is 0 Å². The van der Waals surface area contributed by atoms with Crippen LogP contribution in [0.3, 0.4) is 0 Å². The summed E-state index contributed by atoms with van der Waals surface area (Å²) in [5.74, 6) is 0.190. The van der Waals surface area contributed by atoms with Crippen LogP contribution in [-0.4, -0.2) is 36.1 Å². The minimum atomic E-state index is -4.40. The van der Waals surface area contributed by atoms with E-state index < -0.39 is 17.6 Å². The van der Waals surface area contributed by atoms with E-state index in [9.17, 15) is 17.6 Å². The fraction of sp³-hybridized carbons (Fsp3) is 0.333. The third-order valence-electron chi connectivity index (χ3n) is 3.77. The molecule has 1 fully saturated rings. The maximum atomic E-state index is 13.9. The molecule has 0 bridgehead atoms. The highest BCUT2D eigenvalue weighted by molar-refractivity contribution is 6.30. The zero-order valence-corrected chi connectivity index (χ0v) is 13.1. The Morgan fingerprint density at radius 1 is 0.958 bits per heavy atom. The van der Waals surface area contributed by atoms with Crippen molar-refractivity contribution < 1.29 is 17.6 Å². The molecule has 3 rings (SSSR count). The largest absolute Gasteiger partial charge is 0.417 e. The summed E-state index contributed by atoms with van der Waals surface area (Å²) in [6.07, 6.45) is -2.20. The van der Waals surface area contributed by atoms with Crippen molar-refractivity contribution in [2.24, 2.45) is 0 Å². The summed E-state index contributed by atoms with van der Waals surface area (Å²) < 4.78 is 51.6. The summed E-state index contributed by atoms with van der Waals surface area (Å²) in [6, 6.07) is 3.56. The lowest BCUT2D eigenvalue weighted by Crippen LogP contribution is -2.47. The number of alkyl halides is 3. The van der Waals surface area contributed by atoms with Crippen molar-refractivity contribution in [2.45, 2.75) is 6.18 Å². The van der Waals surface area contributed by atoms with E-state index in [-0.39, 0.29) is 10.8 Å². The topological polar surface area (TPSA) is 32.3 Å². The first-order valence-corrected chi connectivity index (χ1v) is 7.56. The van der Waals surface area contributed by atoms with Crippen molar-refractivity contribution in [3.63, 3.8) is 0 Å². The number of pyridine rings is 2. The third-order valence-corrected chi connectivity index (χ3v) is 3.97. The Morgan fingerprint density at radius 3 is 2.17 bits per heavy atom. The second-order valence-corrected chi connectivity index (χ2v) is 5.77. The van der Waals surface area contributed by atoms with Gasteiger partial charge in [0.05, 0.1) is 10.6 Å². The number of halogens is 5. The van der Waals surface area contributed by atoms with Gasteiger partial charge in [-0.3, -0.25) is 0 Å². The van der Waals surface area contributed by atoms with Gasteiger partial charge in [0, 0.05) is 38.6 Å². The molecule has 0 amide bonds. The normalized spacial score (nSPS) is 15.7. The van der Waals surface area contributed by atoms with Gasteiger partial charge in [-0.15, -0.1) is 0 Å². The molecule has 128 valence electrons. The Hall–Kier alpha value is -2.09. The van der Waals surface area contributed by atoms with Crippen LogP contribution in [0.25, 0.3) is 0 Å². The molecule has 0 saturated carbocycles.